The molecule has 0 aliphatic carbocycles. The first-order valence-corrected chi connectivity index (χ1v) is 8.35. The fourth-order valence-corrected chi connectivity index (χ4v) is 2.78. The topological polar surface area (TPSA) is 110 Å². The highest BCUT2D eigenvalue weighted by Crippen LogP contribution is 2.31. The number of fused-ring (bicyclic) bond motifs is 1. The number of nitrogens with two attached hydrogens (primary N) is 1. The van der Waals surface area contributed by atoms with Gasteiger partial charge in [-0.2, -0.15) is 5.10 Å². The monoisotopic (exact) mass is 396 g/mol. The number of anilines is 1. The molecule has 1 heterocycles. The molecule has 9 heteroatoms. The molecule has 0 radical (unpaired) electrons. The SMILES string of the molecule is CS(=O)(=O)NCCOc1ccc(I)c2c(N)n[nH]c12. The van der Waals surface area contributed by atoms with Crippen LogP contribution in [-0.2, 0) is 10.0 Å². The lowest BCUT2D eigenvalue weighted by Gasteiger charge is -2.08. The molecule has 1 aromatic heterocycles. The average molecular weight is 396 g/mol. The van der Waals surface area contributed by atoms with Gasteiger partial charge in [0.05, 0.1) is 11.6 Å². The number of H-pyrrole nitrogens is 1. The molecule has 2 aromatic rings. The van der Waals surface area contributed by atoms with Crippen LogP contribution in [0.3, 0.4) is 0 Å². The van der Waals surface area contributed by atoms with Crippen LogP contribution in [0.4, 0.5) is 5.82 Å². The summed E-state index contributed by atoms with van der Waals surface area (Å²) in [6.07, 6.45) is 1.10. The van der Waals surface area contributed by atoms with Gasteiger partial charge in [0, 0.05) is 10.1 Å². The van der Waals surface area contributed by atoms with Crippen molar-refractivity contribution >= 4 is 49.3 Å². The number of hydrogen-bond donors (Lipinski definition) is 3. The molecule has 0 atom stereocenters. The van der Waals surface area contributed by atoms with Crippen LogP contribution in [0.1, 0.15) is 0 Å². The van der Waals surface area contributed by atoms with Gasteiger partial charge < -0.3 is 10.5 Å². The van der Waals surface area contributed by atoms with Gasteiger partial charge in [0.15, 0.2) is 5.82 Å². The molecule has 104 valence electrons. The Morgan fingerprint density at radius 2 is 2.26 bits per heavy atom. The fraction of sp³-hybridized carbons (Fsp3) is 0.300. The van der Waals surface area contributed by atoms with E-state index in [0.717, 1.165) is 15.2 Å². The number of nitrogens with zero attached hydrogens (tertiary/aromatic N) is 1. The second-order valence-electron chi connectivity index (χ2n) is 3.92. The van der Waals surface area contributed by atoms with Crippen molar-refractivity contribution in [2.45, 2.75) is 0 Å². The zero-order valence-corrected chi connectivity index (χ0v) is 13.1. The van der Waals surface area contributed by atoms with Crippen LogP contribution in [0.25, 0.3) is 10.9 Å². The summed E-state index contributed by atoms with van der Waals surface area (Å²) in [4.78, 5) is 0. The molecule has 0 aliphatic heterocycles. The molecular weight excluding hydrogens is 383 g/mol. The van der Waals surface area contributed by atoms with E-state index >= 15 is 0 Å². The van der Waals surface area contributed by atoms with Crippen LogP contribution < -0.4 is 15.2 Å². The maximum atomic E-state index is 10.9. The summed E-state index contributed by atoms with van der Waals surface area (Å²) >= 11 is 2.17. The quantitative estimate of drug-likeness (QED) is 0.509. The minimum absolute atomic E-state index is 0.204. The van der Waals surface area contributed by atoms with Crippen LogP contribution in [0.15, 0.2) is 12.1 Å². The van der Waals surface area contributed by atoms with E-state index < -0.39 is 10.0 Å². The second-order valence-corrected chi connectivity index (χ2v) is 6.91. The number of halogens is 1. The Kier molecular flexibility index (Phi) is 4.16. The minimum atomic E-state index is -3.20. The lowest BCUT2D eigenvalue weighted by molar-refractivity contribution is 0.326. The van der Waals surface area contributed by atoms with Gasteiger partial charge in [-0.15, -0.1) is 0 Å². The summed E-state index contributed by atoms with van der Waals surface area (Å²) in [5.41, 5.74) is 6.48. The third-order valence-electron chi connectivity index (χ3n) is 2.38. The number of sulfonamides is 1. The highest BCUT2D eigenvalue weighted by molar-refractivity contribution is 14.1. The number of hydrogen-bond acceptors (Lipinski definition) is 5. The van der Waals surface area contributed by atoms with Gasteiger partial charge in [-0.1, -0.05) is 0 Å². The molecule has 1 aromatic carbocycles. The van der Waals surface area contributed by atoms with Crippen molar-refractivity contribution in [3.05, 3.63) is 15.7 Å². The smallest absolute Gasteiger partial charge is 0.208 e. The van der Waals surface area contributed by atoms with E-state index in [1.165, 1.54) is 0 Å². The van der Waals surface area contributed by atoms with E-state index in [2.05, 4.69) is 37.5 Å². The van der Waals surface area contributed by atoms with E-state index in [9.17, 15) is 8.42 Å². The number of benzene rings is 1. The van der Waals surface area contributed by atoms with E-state index in [1.54, 1.807) is 6.07 Å². The first kappa shape index (κ1) is 14.3. The van der Waals surface area contributed by atoms with Crippen LogP contribution in [-0.4, -0.2) is 38.0 Å². The molecule has 0 amide bonds. The molecule has 0 saturated heterocycles. The number of aromatic nitrogens is 2. The fourth-order valence-electron chi connectivity index (χ4n) is 1.60. The largest absolute Gasteiger partial charge is 0.490 e. The van der Waals surface area contributed by atoms with Gasteiger partial charge in [-0.25, -0.2) is 13.1 Å². The Morgan fingerprint density at radius 1 is 1.53 bits per heavy atom. The molecule has 0 saturated carbocycles. The lowest BCUT2D eigenvalue weighted by atomic mass is 10.2. The molecule has 0 spiro atoms. The van der Waals surface area contributed by atoms with Crippen LogP contribution >= 0.6 is 22.6 Å². The van der Waals surface area contributed by atoms with Crippen LogP contribution in [0.2, 0.25) is 0 Å². The first-order valence-electron chi connectivity index (χ1n) is 5.38. The van der Waals surface area contributed by atoms with Gasteiger partial charge >= 0.3 is 0 Å². The molecule has 0 aliphatic rings. The van der Waals surface area contributed by atoms with Crippen molar-refractivity contribution in [2.24, 2.45) is 0 Å². The van der Waals surface area contributed by atoms with Crippen LogP contribution in [0.5, 0.6) is 5.75 Å². The Hall–Kier alpha value is -1.07. The summed E-state index contributed by atoms with van der Waals surface area (Å²) in [5.74, 6) is 1.01. The summed E-state index contributed by atoms with van der Waals surface area (Å²) in [6, 6.07) is 3.66. The lowest BCUT2D eigenvalue weighted by Crippen LogP contribution is -2.26. The van der Waals surface area contributed by atoms with Crippen molar-refractivity contribution in [3.8, 4) is 5.75 Å². The summed E-state index contributed by atoms with van der Waals surface area (Å²) in [5, 5.41) is 7.57. The van der Waals surface area contributed by atoms with E-state index in [0.29, 0.717) is 17.1 Å². The van der Waals surface area contributed by atoms with Crippen LogP contribution in [0, 0.1) is 3.57 Å². The standard InChI is InChI=1S/C10H13IN4O3S/c1-19(16,17)13-4-5-18-7-3-2-6(11)8-9(7)14-15-10(8)12/h2-3,13H,4-5H2,1H3,(H3,12,14,15). The molecule has 4 N–H and O–H groups in total. The van der Waals surface area contributed by atoms with Gasteiger partial charge in [0.25, 0.3) is 0 Å². The van der Waals surface area contributed by atoms with Gasteiger partial charge in [-0.05, 0) is 34.7 Å². The van der Waals surface area contributed by atoms with Gasteiger partial charge in [-0.3, -0.25) is 5.10 Å². The van der Waals surface area contributed by atoms with Crippen molar-refractivity contribution in [3.63, 3.8) is 0 Å². The van der Waals surface area contributed by atoms with Crippen molar-refractivity contribution in [1.29, 1.82) is 0 Å². The van der Waals surface area contributed by atoms with E-state index in [4.69, 9.17) is 10.5 Å². The number of nitrogen functional groups attached to an aromatic ring is 1. The van der Waals surface area contributed by atoms with E-state index in [-0.39, 0.29) is 13.2 Å². The second kappa shape index (κ2) is 5.51. The molecule has 0 bridgehead atoms. The number of nitrogens with one attached hydrogen (secondary N) is 2. The van der Waals surface area contributed by atoms with E-state index in [1.807, 2.05) is 6.07 Å². The molecule has 2 rings (SSSR count). The number of ether oxygens (including phenoxy) is 1. The predicted molar refractivity (Wildman–Crippen MR) is 81.6 cm³/mol. The third-order valence-corrected chi connectivity index (χ3v) is 4.01. The molecular formula is C10H13IN4O3S. The molecule has 7 nitrogen and oxygen atoms in total. The Morgan fingerprint density at radius 3 is 2.95 bits per heavy atom. The summed E-state index contributed by atoms with van der Waals surface area (Å²) in [7, 11) is -3.20. The number of aromatic amines is 1. The molecule has 0 unspecified atom stereocenters. The number of rotatable bonds is 5. The Labute approximate surface area is 124 Å². The maximum absolute atomic E-state index is 10.9. The predicted octanol–water partition coefficient (Wildman–Crippen LogP) is 0.678. The highest BCUT2D eigenvalue weighted by atomic mass is 127. The van der Waals surface area contributed by atoms with Gasteiger partial charge in [0.1, 0.15) is 17.9 Å². The zero-order valence-electron chi connectivity index (χ0n) is 10.1. The third kappa shape index (κ3) is 3.48. The summed E-state index contributed by atoms with van der Waals surface area (Å²) in [6.45, 7) is 0.428. The van der Waals surface area contributed by atoms with Gasteiger partial charge in [0.2, 0.25) is 10.0 Å². The van der Waals surface area contributed by atoms with Crippen molar-refractivity contribution < 1.29 is 13.2 Å². The maximum Gasteiger partial charge on any atom is 0.208 e. The Balaban J connectivity index is 2.12. The highest BCUT2D eigenvalue weighted by Gasteiger charge is 2.11. The molecule has 0 fully saturated rings. The normalized spacial score (nSPS) is 11.9. The van der Waals surface area contributed by atoms with Crippen molar-refractivity contribution in [1.82, 2.24) is 14.9 Å². The average Bonchev–Trinajstić information content (AvgIpc) is 2.69. The van der Waals surface area contributed by atoms with Crippen molar-refractivity contribution in [2.75, 3.05) is 25.1 Å². The zero-order chi connectivity index (χ0) is 14.0. The Bertz CT molecular complexity index is 698. The first-order chi connectivity index (χ1) is 8.88. The summed E-state index contributed by atoms with van der Waals surface area (Å²) < 4.78 is 30.7. The minimum Gasteiger partial charge on any atom is -0.490 e. The molecule has 19 heavy (non-hydrogen) atoms.